The van der Waals surface area contributed by atoms with Crippen molar-refractivity contribution in [2.45, 2.75) is 53.4 Å². The first-order valence-electron chi connectivity index (χ1n) is 6.70. The number of carbonyl (C=O) groups is 1. The van der Waals surface area contributed by atoms with Crippen LogP contribution in [0.3, 0.4) is 0 Å². The SMILES string of the molecule is CCCC[C@@H](CC)C(=O)Nc1nc(C)cc(C)n1. The monoisotopic (exact) mass is 249 g/mol. The van der Waals surface area contributed by atoms with Gasteiger partial charge in [0.1, 0.15) is 0 Å². The molecule has 1 heterocycles. The van der Waals surface area contributed by atoms with Gasteiger partial charge in [-0.1, -0.05) is 26.7 Å². The third kappa shape index (κ3) is 4.43. The minimum Gasteiger partial charge on any atom is -0.294 e. The zero-order valence-corrected chi connectivity index (χ0v) is 11.8. The molecule has 1 N–H and O–H groups in total. The molecule has 1 atom stereocenters. The second-order valence-corrected chi connectivity index (χ2v) is 4.71. The van der Waals surface area contributed by atoms with Crippen LogP contribution in [0.15, 0.2) is 6.07 Å². The van der Waals surface area contributed by atoms with Crippen molar-refractivity contribution in [2.75, 3.05) is 5.32 Å². The minimum atomic E-state index is 0.0379. The van der Waals surface area contributed by atoms with E-state index in [9.17, 15) is 4.79 Å². The number of rotatable bonds is 6. The van der Waals surface area contributed by atoms with Crippen molar-refractivity contribution in [2.24, 2.45) is 5.92 Å². The fourth-order valence-corrected chi connectivity index (χ4v) is 1.97. The highest BCUT2D eigenvalue weighted by atomic mass is 16.2. The molecule has 0 aliphatic rings. The number of amides is 1. The fourth-order valence-electron chi connectivity index (χ4n) is 1.97. The summed E-state index contributed by atoms with van der Waals surface area (Å²) in [6, 6.07) is 1.89. The van der Waals surface area contributed by atoms with Gasteiger partial charge in [0.25, 0.3) is 0 Å². The van der Waals surface area contributed by atoms with Crippen molar-refractivity contribution in [3.05, 3.63) is 17.5 Å². The number of aromatic nitrogens is 2. The summed E-state index contributed by atoms with van der Waals surface area (Å²) in [5.41, 5.74) is 1.75. The van der Waals surface area contributed by atoms with E-state index in [0.29, 0.717) is 5.95 Å². The Kier molecular flexibility index (Phi) is 5.75. The number of unbranched alkanes of at least 4 members (excludes halogenated alkanes) is 1. The summed E-state index contributed by atoms with van der Waals surface area (Å²) in [5, 5.41) is 2.82. The van der Waals surface area contributed by atoms with Gasteiger partial charge in [0.15, 0.2) is 0 Å². The Labute approximate surface area is 109 Å². The van der Waals surface area contributed by atoms with E-state index in [4.69, 9.17) is 0 Å². The maximum atomic E-state index is 12.1. The number of hydrogen-bond donors (Lipinski definition) is 1. The van der Waals surface area contributed by atoms with Crippen LogP contribution < -0.4 is 5.32 Å². The van der Waals surface area contributed by atoms with Crippen LogP contribution in [0.1, 0.15) is 50.9 Å². The summed E-state index contributed by atoms with van der Waals surface area (Å²) in [6.07, 6.45) is 3.99. The topological polar surface area (TPSA) is 54.9 Å². The van der Waals surface area contributed by atoms with Crippen LogP contribution in [0.5, 0.6) is 0 Å². The van der Waals surface area contributed by atoms with Crippen LogP contribution in [0.25, 0.3) is 0 Å². The van der Waals surface area contributed by atoms with Gasteiger partial charge < -0.3 is 0 Å². The van der Waals surface area contributed by atoms with Gasteiger partial charge in [0.05, 0.1) is 0 Å². The largest absolute Gasteiger partial charge is 0.294 e. The Hall–Kier alpha value is -1.45. The zero-order valence-electron chi connectivity index (χ0n) is 11.8. The molecule has 1 aromatic rings. The molecule has 0 aromatic carbocycles. The first kappa shape index (κ1) is 14.6. The number of carbonyl (C=O) groups excluding carboxylic acids is 1. The summed E-state index contributed by atoms with van der Waals surface area (Å²) >= 11 is 0. The van der Waals surface area contributed by atoms with Crippen LogP contribution in [0, 0.1) is 19.8 Å². The lowest BCUT2D eigenvalue weighted by molar-refractivity contribution is -0.120. The summed E-state index contributed by atoms with van der Waals surface area (Å²) in [6.45, 7) is 7.98. The van der Waals surface area contributed by atoms with Gasteiger partial charge in [0.2, 0.25) is 11.9 Å². The Bertz CT molecular complexity index is 384. The lowest BCUT2D eigenvalue weighted by Crippen LogP contribution is -2.23. The summed E-state index contributed by atoms with van der Waals surface area (Å²) in [5.74, 6) is 0.526. The fraction of sp³-hybridized carbons (Fsp3) is 0.643. The quantitative estimate of drug-likeness (QED) is 0.842. The number of hydrogen-bond acceptors (Lipinski definition) is 3. The Balaban J connectivity index is 2.67. The molecule has 0 aliphatic heterocycles. The molecule has 1 amide bonds. The van der Waals surface area contributed by atoms with Crippen molar-refractivity contribution in [3.63, 3.8) is 0 Å². The second-order valence-electron chi connectivity index (χ2n) is 4.71. The van der Waals surface area contributed by atoms with Gasteiger partial charge >= 0.3 is 0 Å². The van der Waals surface area contributed by atoms with E-state index in [1.165, 1.54) is 0 Å². The first-order valence-corrected chi connectivity index (χ1v) is 6.70. The van der Waals surface area contributed by atoms with Crippen molar-refractivity contribution in [1.82, 2.24) is 9.97 Å². The van der Waals surface area contributed by atoms with E-state index < -0.39 is 0 Å². The van der Waals surface area contributed by atoms with Gasteiger partial charge in [-0.05, 0) is 32.8 Å². The second kappa shape index (κ2) is 7.09. The number of anilines is 1. The van der Waals surface area contributed by atoms with Crippen LogP contribution >= 0.6 is 0 Å². The molecule has 0 aliphatic carbocycles. The predicted octanol–water partition coefficient (Wildman–Crippen LogP) is 3.25. The Morgan fingerprint density at radius 3 is 2.39 bits per heavy atom. The van der Waals surface area contributed by atoms with E-state index in [0.717, 1.165) is 37.1 Å². The molecule has 0 fully saturated rings. The number of nitrogens with zero attached hydrogens (tertiary/aromatic N) is 2. The summed E-state index contributed by atoms with van der Waals surface area (Å²) < 4.78 is 0. The van der Waals surface area contributed by atoms with E-state index in [1.807, 2.05) is 26.8 Å². The normalized spacial score (nSPS) is 12.2. The molecule has 0 bridgehead atoms. The highest BCUT2D eigenvalue weighted by Crippen LogP contribution is 2.15. The Morgan fingerprint density at radius 1 is 1.28 bits per heavy atom. The zero-order chi connectivity index (χ0) is 13.5. The minimum absolute atomic E-state index is 0.0379. The number of aryl methyl sites for hydroxylation is 2. The molecule has 0 saturated carbocycles. The molecule has 0 spiro atoms. The van der Waals surface area contributed by atoms with Gasteiger partial charge in [-0.3, -0.25) is 10.1 Å². The molecule has 0 saturated heterocycles. The molecule has 18 heavy (non-hydrogen) atoms. The third-order valence-electron chi connectivity index (χ3n) is 2.99. The van der Waals surface area contributed by atoms with E-state index in [-0.39, 0.29) is 11.8 Å². The third-order valence-corrected chi connectivity index (χ3v) is 2.99. The van der Waals surface area contributed by atoms with Crippen molar-refractivity contribution < 1.29 is 4.79 Å². The molecule has 1 rings (SSSR count). The molecule has 4 heteroatoms. The molecule has 0 unspecified atom stereocenters. The average Bonchev–Trinajstić information content (AvgIpc) is 2.28. The average molecular weight is 249 g/mol. The maximum absolute atomic E-state index is 12.1. The van der Waals surface area contributed by atoms with Crippen molar-refractivity contribution in [3.8, 4) is 0 Å². The van der Waals surface area contributed by atoms with E-state index in [2.05, 4.69) is 22.2 Å². The van der Waals surface area contributed by atoms with E-state index in [1.54, 1.807) is 0 Å². The highest BCUT2D eigenvalue weighted by molar-refractivity contribution is 5.90. The molecule has 0 radical (unpaired) electrons. The maximum Gasteiger partial charge on any atom is 0.229 e. The smallest absolute Gasteiger partial charge is 0.229 e. The standard InChI is InChI=1S/C14H23N3O/c1-5-7-8-12(6-2)13(18)17-14-15-10(3)9-11(4)16-14/h9,12H,5-8H2,1-4H3,(H,15,16,17,18)/t12-/m1/s1. The molecular weight excluding hydrogens is 226 g/mol. The highest BCUT2D eigenvalue weighted by Gasteiger charge is 2.16. The van der Waals surface area contributed by atoms with Crippen LogP contribution in [0.4, 0.5) is 5.95 Å². The van der Waals surface area contributed by atoms with Crippen LogP contribution in [-0.4, -0.2) is 15.9 Å². The van der Waals surface area contributed by atoms with Gasteiger partial charge in [0, 0.05) is 17.3 Å². The Morgan fingerprint density at radius 2 is 1.89 bits per heavy atom. The number of nitrogens with one attached hydrogen (secondary N) is 1. The molecular formula is C14H23N3O. The molecule has 1 aromatic heterocycles. The summed E-state index contributed by atoms with van der Waals surface area (Å²) in [4.78, 5) is 20.5. The summed E-state index contributed by atoms with van der Waals surface area (Å²) in [7, 11) is 0. The van der Waals surface area contributed by atoms with Crippen LogP contribution in [0.2, 0.25) is 0 Å². The predicted molar refractivity (Wildman–Crippen MR) is 73.4 cm³/mol. The van der Waals surface area contributed by atoms with Gasteiger partial charge in [-0.2, -0.15) is 0 Å². The van der Waals surface area contributed by atoms with Crippen LogP contribution in [-0.2, 0) is 4.79 Å². The van der Waals surface area contributed by atoms with Gasteiger partial charge in [-0.25, -0.2) is 9.97 Å². The van der Waals surface area contributed by atoms with Crippen molar-refractivity contribution in [1.29, 1.82) is 0 Å². The van der Waals surface area contributed by atoms with Gasteiger partial charge in [-0.15, -0.1) is 0 Å². The van der Waals surface area contributed by atoms with E-state index >= 15 is 0 Å². The first-order chi connectivity index (χ1) is 8.56. The molecule has 4 nitrogen and oxygen atoms in total. The van der Waals surface area contributed by atoms with Crippen molar-refractivity contribution >= 4 is 11.9 Å². The lowest BCUT2D eigenvalue weighted by Gasteiger charge is -2.14. The lowest BCUT2D eigenvalue weighted by atomic mass is 9.98. The molecule has 100 valence electrons.